The number of benzene rings is 3. The van der Waals surface area contributed by atoms with Gasteiger partial charge >= 0.3 is 5.97 Å². The molecule has 1 amide bonds. The molecule has 3 rings (SSSR count). The molecular formula is C24H21N3O5S2. The van der Waals surface area contributed by atoms with Crippen LogP contribution < -0.4 is 5.32 Å². The summed E-state index contributed by atoms with van der Waals surface area (Å²) in [6, 6.07) is 21.7. The number of sulfonamides is 1. The van der Waals surface area contributed by atoms with E-state index in [2.05, 4.69) is 11.4 Å². The predicted molar refractivity (Wildman–Crippen MR) is 128 cm³/mol. The van der Waals surface area contributed by atoms with Crippen LogP contribution in [0, 0.1) is 11.3 Å². The molecule has 0 unspecified atom stereocenters. The zero-order valence-corrected chi connectivity index (χ0v) is 20.0. The Hall–Kier alpha value is -3.65. The van der Waals surface area contributed by atoms with E-state index in [1.807, 2.05) is 0 Å². The van der Waals surface area contributed by atoms with Gasteiger partial charge < -0.3 is 10.1 Å². The molecule has 0 aliphatic rings. The van der Waals surface area contributed by atoms with Crippen molar-refractivity contribution in [2.75, 3.05) is 26.0 Å². The van der Waals surface area contributed by atoms with Gasteiger partial charge in [0.15, 0.2) is 6.61 Å². The molecule has 0 spiro atoms. The van der Waals surface area contributed by atoms with Gasteiger partial charge in [0.1, 0.15) is 6.07 Å². The highest BCUT2D eigenvalue weighted by Gasteiger charge is 2.19. The van der Waals surface area contributed by atoms with Gasteiger partial charge in [-0.15, -0.1) is 0 Å². The molecule has 3 aromatic carbocycles. The van der Waals surface area contributed by atoms with E-state index in [0.29, 0.717) is 15.4 Å². The average molecular weight is 496 g/mol. The average Bonchev–Trinajstić information content (AvgIpc) is 2.83. The van der Waals surface area contributed by atoms with Gasteiger partial charge in [0.25, 0.3) is 5.91 Å². The van der Waals surface area contributed by atoms with E-state index in [1.54, 1.807) is 48.5 Å². The molecular weight excluding hydrogens is 474 g/mol. The van der Waals surface area contributed by atoms with Crippen molar-refractivity contribution in [3.05, 3.63) is 83.9 Å². The third-order valence-electron chi connectivity index (χ3n) is 4.57. The van der Waals surface area contributed by atoms with E-state index in [4.69, 9.17) is 4.74 Å². The first-order valence-corrected chi connectivity index (χ1v) is 12.2. The van der Waals surface area contributed by atoms with E-state index in [0.717, 1.165) is 4.31 Å². The summed E-state index contributed by atoms with van der Waals surface area (Å²) in [7, 11) is -0.835. The third-order valence-corrected chi connectivity index (χ3v) is 7.53. The molecule has 0 fully saturated rings. The Morgan fingerprint density at radius 1 is 1.00 bits per heavy atom. The number of hydrogen-bond donors (Lipinski definition) is 1. The molecule has 8 nitrogen and oxygen atoms in total. The van der Waals surface area contributed by atoms with Crippen LogP contribution in [0.3, 0.4) is 0 Å². The summed E-state index contributed by atoms with van der Waals surface area (Å²) in [6.07, 6.45) is 0. The number of rotatable bonds is 8. The van der Waals surface area contributed by atoms with Crippen LogP contribution in [0.1, 0.15) is 15.9 Å². The van der Waals surface area contributed by atoms with E-state index >= 15 is 0 Å². The SMILES string of the molecule is CN(C)S(=O)(=O)c1cccc(NC(=O)COC(=O)c2ccccc2Sc2ccccc2C#N)c1. The molecule has 0 saturated carbocycles. The standard InChI is InChI=1S/C24H21N3O5S2/c1-27(2)34(30,31)19-10-7-9-18(14-19)26-23(28)16-32-24(29)20-11-4-6-13-22(20)33-21-12-5-3-8-17(21)15-25/h3-14H,16H2,1-2H3,(H,26,28). The molecule has 3 aromatic rings. The first-order valence-electron chi connectivity index (χ1n) is 9.98. The molecule has 0 saturated heterocycles. The molecule has 0 aromatic heterocycles. The molecule has 0 atom stereocenters. The number of amides is 1. The zero-order chi connectivity index (χ0) is 24.7. The summed E-state index contributed by atoms with van der Waals surface area (Å²) in [5.41, 5.74) is 0.994. The van der Waals surface area contributed by atoms with E-state index in [-0.39, 0.29) is 16.1 Å². The summed E-state index contributed by atoms with van der Waals surface area (Å²) in [6.45, 7) is -0.558. The Balaban J connectivity index is 1.67. The lowest BCUT2D eigenvalue weighted by Gasteiger charge is -2.13. The quantitative estimate of drug-likeness (QED) is 0.473. The Kier molecular flexibility index (Phi) is 8.07. The van der Waals surface area contributed by atoms with E-state index in [1.165, 1.54) is 50.1 Å². The molecule has 174 valence electrons. The zero-order valence-electron chi connectivity index (χ0n) is 18.4. The first-order chi connectivity index (χ1) is 16.2. The molecule has 1 N–H and O–H groups in total. The van der Waals surface area contributed by atoms with Crippen molar-refractivity contribution in [1.82, 2.24) is 4.31 Å². The van der Waals surface area contributed by atoms with Crippen molar-refractivity contribution in [3.63, 3.8) is 0 Å². The number of hydrogen-bond acceptors (Lipinski definition) is 7. The van der Waals surface area contributed by atoms with Gasteiger partial charge in [-0.1, -0.05) is 42.1 Å². The van der Waals surface area contributed by atoms with Gasteiger partial charge in [0, 0.05) is 29.6 Å². The van der Waals surface area contributed by atoms with Gasteiger partial charge in [0.05, 0.1) is 16.0 Å². The van der Waals surface area contributed by atoms with Crippen molar-refractivity contribution in [1.29, 1.82) is 5.26 Å². The fraction of sp³-hybridized carbons (Fsp3) is 0.125. The number of esters is 1. The molecule has 0 radical (unpaired) electrons. The van der Waals surface area contributed by atoms with Crippen LogP contribution in [-0.4, -0.2) is 45.3 Å². The number of ether oxygens (including phenoxy) is 1. The highest BCUT2D eigenvalue weighted by atomic mass is 32.2. The van der Waals surface area contributed by atoms with Crippen LogP contribution in [0.15, 0.2) is 87.5 Å². The number of nitrogens with one attached hydrogen (secondary N) is 1. The molecule has 0 heterocycles. The lowest BCUT2D eigenvalue weighted by atomic mass is 10.2. The summed E-state index contributed by atoms with van der Waals surface area (Å²) in [4.78, 5) is 26.3. The van der Waals surface area contributed by atoms with Crippen LogP contribution in [0.4, 0.5) is 5.69 Å². The largest absolute Gasteiger partial charge is 0.452 e. The highest BCUT2D eigenvalue weighted by molar-refractivity contribution is 7.99. The minimum atomic E-state index is -3.66. The summed E-state index contributed by atoms with van der Waals surface area (Å²) >= 11 is 1.25. The second-order valence-electron chi connectivity index (χ2n) is 7.15. The van der Waals surface area contributed by atoms with Gasteiger partial charge in [0.2, 0.25) is 10.0 Å². The number of carbonyl (C=O) groups excluding carboxylic acids is 2. The number of anilines is 1. The smallest absolute Gasteiger partial charge is 0.339 e. The molecule has 10 heteroatoms. The Morgan fingerprint density at radius 2 is 1.68 bits per heavy atom. The van der Waals surface area contributed by atoms with Crippen molar-refractivity contribution >= 4 is 39.3 Å². The van der Waals surface area contributed by atoms with E-state index < -0.39 is 28.5 Å². The van der Waals surface area contributed by atoms with E-state index in [9.17, 15) is 23.3 Å². The number of nitriles is 1. The van der Waals surface area contributed by atoms with Crippen LogP contribution >= 0.6 is 11.8 Å². The highest BCUT2D eigenvalue weighted by Crippen LogP contribution is 2.32. The van der Waals surface area contributed by atoms with Crippen LogP contribution in [0.5, 0.6) is 0 Å². The lowest BCUT2D eigenvalue weighted by molar-refractivity contribution is -0.119. The van der Waals surface area contributed by atoms with Crippen LogP contribution in [-0.2, 0) is 19.6 Å². The molecule has 0 aliphatic heterocycles. The summed E-state index contributed by atoms with van der Waals surface area (Å²) in [5.74, 6) is -1.32. The van der Waals surface area contributed by atoms with Crippen molar-refractivity contribution in [2.45, 2.75) is 14.7 Å². The number of carbonyl (C=O) groups is 2. The predicted octanol–water partition coefficient (Wildman–Crippen LogP) is 3.76. The Morgan fingerprint density at radius 3 is 2.38 bits per heavy atom. The first kappa shape index (κ1) is 25.0. The fourth-order valence-electron chi connectivity index (χ4n) is 2.84. The summed E-state index contributed by atoms with van der Waals surface area (Å²) < 4.78 is 30.8. The van der Waals surface area contributed by atoms with Crippen molar-refractivity contribution in [2.24, 2.45) is 0 Å². The van der Waals surface area contributed by atoms with Gasteiger partial charge in [-0.05, 0) is 42.5 Å². The fourth-order valence-corrected chi connectivity index (χ4v) is 4.80. The lowest BCUT2D eigenvalue weighted by Crippen LogP contribution is -2.23. The maximum absolute atomic E-state index is 12.7. The Labute approximate surface area is 202 Å². The second kappa shape index (κ2) is 11.0. The maximum Gasteiger partial charge on any atom is 0.339 e. The molecule has 0 bridgehead atoms. The van der Waals surface area contributed by atoms with Gasteiger partial charge in [-0.3, -0.25) is 4.79 Å². The molecule has 34 heavy (non-hydrogen) atoms. The van der Waals surface area contributed by atoms with Crippen molar-refractivity contribution in [3.8, 4) is 6.07 Å². The van der Waals surface area contributed by atoms with Crippen molar-refractivity contribution < 1.29 is 22.7 Å². The third kappa shape index (κ3) is 6.02. The normalized spacial score (nSPS) is 11.0. The minimum absolute atomic E-state index is 0.0240. The summed E-state index contributed by atoms with van der Waals surface area (Å²) in [5, 5.41) is 11.8. The van der Waals surface area contributed by atoms with Crippen LogP contribution in [0.25, 0.3) is 0 Å². The maximum atomic E-state index is 12.7. The molecule has 0 aliphatic carbocycles. The minimum Gasteiger partial charge on any atom is -0.452 e. The topological polar surface area (TPSA) is 117 Å². The van der Waals surface area contributed by atoms with Gasteiger partial charge in [-0.25, -0.2) is 17.5 Å². The Bertz CT molecular complexity index is 1360. The van der Waals surface area contributed by atoms with Crippen LogP contribution in [0.2, 0.25) is 0 Å². The monoisotopic (exact) mass is 495 g/mol. The second-order valence-corrected chi connectivity index (χ2v) is 10.4. The van der Waals surface area contributed by atoms with Gasteiger partial charge in [-0.2, -0.15) is 5.26 Å². The number of nitrogens with zero attached hydrogens (tertiary/aromatic N) is 2.